The zero-order chi connectivity index (χ0) is 11.0. The molecule has 78 valence electrons. The number of ketones is 1. The molecule has 0 saturated carbocycles. The van der Waals surface area contributed by atoms with Crippen LogP contribution in [0.15, 0.2) is 24.3 Å². The van der Waals surface area contributed by atoms with Crippen molar-refractivity contribution >= 4 is 54.7 Å². The van der Waals surface area contributed by atoms with E-state index in [1.165, 1.54) is 11.3 Å². The number of alkyl halides is 1. The molecule has 1 nitrogen and oxygen atoms in total. The van der Waals surface area contributed by atoms with Crippen molar-refractivity contribution in [1.29, 1.82) is 0 Å². The highest BCUT2D eigenvalue weighted by atomic mass is 79.9. The van der Waals surface area contributed by atoms with Gasteiger partial charge in [0.2, 0.25) is 0 Å². The Morgan fingerprint density at radius 2 is 2.27 bits per heavy atom. The van der Waals surface area contributed by atoms with Crippen molar-refractivity contribution < 1.29 is 4.79 Å². The average Bonchev–Trinajstić information content (AvgIpc) is 2.61. The van der Waals surface area contributed by atoms with Crippen LogP contribution in [-0.4, -0.2) is 10.6 Å². The number of benzene rings is 1. The first-order chi connectivity index (χ1) is 7.09. The van der Waals surface area contributed by atoms with Crippen LogP contribution >= 0.6 is 38.9 Å². The van der Waals surface area contributed by atoms with Crippen LogP contribution < -0.4 is 0 Å². The van der Waals surface area contributed by atoms with Crippen molar-refractivity contribution in [3.63, 3.8) is 0 Å². The van der Waals surface area contributed by atoms with Gasteiger partial charge in [-0.3, -0.25) is 4.79 Å². The van der Waals surface area contributed by atoms with Crippen LogP contribution in [0.4, 0.5) is 0 Å². The third-order valence-corrected chi connectivity index (χ3v) is 3.97. The number of Topliss-reactive ketones (excluding diaryl/α,β-unsaturated/α-hetero) is 1. The number of hydrogen-bond acceptors (Lipinski definition) is 2. The second-order valence-electron chi connectivity index (χ2n) is 3.24. The fourth-order valence-electron chi connectivity index (χ4n) is 1.34. The van der Waals surface area contributed by atoms with Gasteiger partial charge in [0.1, 0.15) is 0 Å². The minimum atomic E-state index is -0.149. The van der Waals surface area contributed by atoms with Crippen LogP contribution in [0.3, 0.4) is 0 Å². The summed E-state index contributed by atoms with van der Waals surface area (Å²) in [6.07, 6.45) is 0. The van der Waals surface area contributed by atoms with E-state index in [2.05, 4.69) is 15.9 Å². The summed E-state index contributed by atoms with van der Waals surface area (Å²) in [6, 6.07) is 7.57. The lowest BCUT2D eigenvalue weighted by Crippen LogP contribution is -2.07. The highest BCUT2D eigenvalue weighted by Crippen LogP contribution is 2.32. The first kappa shape index (κ1) is 11.1. The van der Waals surface area contributed by atoms with Crippen LogP contribution in [-0.2, 0) is 0 Å². The minimum absolute atomic E-state index is 0.104. The van der Waals surface area contributed by atoms with Crippen molar-refractivity contribution in [3.05, 3.63) is 34.2 Å². The van der Waals surface area contributed by atoms with E-state index in [0.717, 1.165) is 15.0 Å². The summed E-state index contributed by atoms with van der Waals surface area (Å²) in [5.74, 6) is 0.104. The second kappa shape index (κ2) is 4.24. The fourth-order valence-corrected chi connectivity index (χ4v) is 3.14. The zero-order valence-corrected chi connectivity index (χ0v) is 11.1. The molecule has 0 N–H and O–H groups in total. The maximum Gasteiger partial charge on any atom is 0.186 e. The van der Waals surface area contributed by atoms with Gasteiger partial charge in [0.05, 0.1) is 9.70 Å². The summed E-state index contributed by atoms with van der Waals surface area (Å²) in [5.41, 5.74) is 0. The highest BCUT2D eigenvalue weighted by Gasteiger charge is 2.15. The fraction of sp³-hybridized carbons (Fsp3) is 0.182. The maximum absolute atomic E-state index is 11.7. The van der Waals surface area contributed by atoms with Crippen molar-refractivity contribution in [3.8, 4) is 0 Å². The van der Waals surface area contributed by atoms with Gasteiger partial charge in [0, 0.05) is 15.1 Å². The third-order valence-electron chi connectivity index (χ3n) is 2.11. The summed E-state index contributed by atoms with van der Waals surface area (Å²) >= 11 is 10.8. The zero-order valence-electron chi connectivity index (χ0n) is 7.96. The lowest BCUT2D eigenvalue weighted by Gasteiger charge is -1.96. The average molecular weight is 304 g/mol. The SMILES string of the molecule is CC(Br)C(=O)c1cc2c(Cl)cccc2s1. The summed E-state index contributed by atoms with van der Waals surface area (Å²) in [5, 5.41) is 1.66. The van der Waals surface area contributed by atoms with E-state index >= 15 is 0 Å². The van der Waals surface area contributed by atoms with Gasteiger partial charge in [-0.15, -0.1) is 11.3 Å². The van der Waals surface area contributed by atoms with Gasteiger partial charge in [0.15, 0.2) is 5.78 Å². The topological polar surface area (TPSA) is 17.1 Å². The Balaban J connectivity index is 2.57. The molecule has 1 aromatic carbocycles. The maximum atomic E-state index is 11.7. The monoisotopic (exact) mass is 302 g/mol. The van der Waals surface area contributed by atoms with Crippen molar-refractivity contribution in [2.45, 2.75) is 11.8 Å². The molecule has 0 fully saturated rings. The van der Waals surface area contributed by atoms with Gasteiger partial charge in [-0.05, 0) is 25.1 Å². The largest absolute Gasteiger partial charge is 0.292 e. The lowest BCUT2D eigenvalue weighted by atomic mass is 10.2. The van der Waals surface area contributed by atoms with E-state index in [4.69, 9.17) is 11.6 Å². The number of carbonyl (C=O) groups is 1. The first-order valence-corrected chi connectivity index (χ1v) is 6.57. The van der Waals surface area contributed by atoms with Crippen LogP contribution in [0.5, 0.6) is 0 Å². The predicted octanol–water partition coefficient (Wildman–Crippen LogP) is 4.52. The molecule has 0 aliphatic heterocycles. The standard InChI is InChI=1S/C11H8BrClOS/c1-6(12)11(14)10-5-7-8(13)3-2-4-9(7)15-10/h2-6H,1H3. The van der Waals surface area contributed by atoms with E-state index in [1.807, 2.05) is 31.2 Å². The number of thiophene rings is 1. The molecule has 0 saturated heterocycles. The van der Waals surface area contributed by atoms with Crippen LogP contribution in [0.2, 0.25) is 5.02 Å². The molecule has 1 heterocycles. The Kier molecular flexibility index (Phi) is 3.14. The molecule has 4 heteroatoms. The Morgan fingerprint density at radius 1 is 1.53 bits per heavy atom. The van der Waals surface area contributed by atoms with Gasteiger partial charge in [-0.25, -0.2) is 0 Å². The number of hydrogen-bond donors (Lipinski definition) is 0. The third kappa shape index (κ3) is 2.10. The molecule has 0 aliphatic carbocycles. The Bertz CT molecular complexity index is 518. The normalized spacial score (nSPS) is 13.0. The van der Waals surface area contributed by atoms with Gasteiger partial charge in [-0.2, -0.15) is 0 Å². The summed E-state index contributed by atoms with van der Waals surface area (Å²) in [6.45, 7) is 1.83. The van der Waals surface area contributed by atoms with E-state index in [-0.39, 0.29) is 10.6 Å². The lowest BCUT2D eigenvalue weighted by molar-refractivity contribution is 0.1000. The minimum Gasteiger partial charge on any atom is -0.292 e. The molecule has 15 heavy (non-hydrogen) atoms. The van der Waals surface area contributed by atoms with Gasteiger partial charge < -0.3 is 0 Å². The highest BCUT2D eigenvalue weighted by molar-refractivity contribution is 9.10. The van der Waals surface area contributed by atoms with E-state index in [9.17, 15) is 4.79 Å². The van der Waals surface area contributed by atoms with Crippen molar-refractivity contribution in [2.24, 2.45) is 0 Å². The van der Waals surface area contributed by atoms with Crippen LogP contribution in [0, 0.1) is 0 Å². The molecule has 0 aliphatic rings. The molecular formula is C11H8BrClOS. The molecule has 0 amide bonds. The molecule has 0 radical (unpaired) electrons. The van der Waals surface area contributed by atoms with Gasteiger partial charge in [0.25, 0.3) is 0 Å². The summed E-state index contributed by atoms with van der Waals surface area (Å²) in [4.78, 5) is 12.3. The summed E-state index contributed by atoms with van der Waals surface area (Å²) < 4.78 is 1.05. The number of halogens is 2. The quantitative estimate of drug-likeness (QED) is 0.589. The number of carbonyl (C=O) groups excluding carboxylic acids is 1. The van der Waals surface area contributed by atoms with Crippen molar-refractivity contribution in [2.75, 3.05) is 0 Å². The molecule has 1 unspecified atom stereocenters. The smallest absolute Gasteiger partial charge is 0.186 e. The molecule has 0 spiro atoms. The van der Waals surface area contributed by atoms with Crippen molar-refractivity contribution in [1.82, 2.24) is 0 Å². The molecule has 2 aromatic rings. The Labute approximate surface area is 105 Å². The van der Waals surface area contributed by atoms with Gasteiger partial charge in [-0.1, -0.05) is 33.6 Å². The molecule has 1 atom stereocenters. The number of fused-ring (bicyclic) bond motifs is 1. The molecule has 1 aromatic heterocycles. The first-order valence-electron chi connectivity index (χ1n) is 4.46. The summed E-state index contributed by atoms with van der Waals surface area (Å²) in [7, 11) is 0. The Hall–Kier alpha value is -0.380. The number of rotatable bonds is 2. The molecule has 0 bridgehead atoms. The van der Waals surface area contributed by atoms with Gasteiger partial charge >= 0.3 is 0 Å². The second-order valence-corrected chi connectivity index (χ2v) is 6.11. The van der Waals surface area contributed by atoms with E-state index < -0.39 is 0 Å². The van der Waals surface area contributed by atoms with E-state index in [0.29, 0.717) is 5.02 Å². The van der Waals surface area contributed by atoms with Crippen LogP contribution in [0.25, 0.3) is 10.1 Å². The predicted molar refractivity (Wildman–Crippen MR) is 69.6 cm³/mol. The Morgan fingerprint density at radius 3 is 2.87 bits per heavy atom. The molecule has 2 rings (SSSR count). The van der Waals surface area contributed by atoms with E-state index in [1.54, 1.807) is 0 Å². The molecular weight excluding hydrogens is 296 g/mol. The van der Waals surface area contributed by atoms with Crippen LogP contribution in [0.1, 0.15) is 16.6 Å².